The van der Waals surface area contributed by atoms with Crippen LogP contribution in [-0.2, 0) is 4.79 Å². The molecule has 0 radical (unpaired) electrons. The number of aromatic amines is 1. The van der Waals surface area contributed by atoms with Gasteiger partial charge in [0.2, 0.25) is 5.91 Å². The maximum absolute atomic E-state index is 13.1. The van der Waals surface area contributed by atoms with Crippen LogP contribution in [0.15, 0.2) is 24.3 Å². The predicted molar refractivity (Wildman–Crippen MR) is 114 cm³/mol. The molecule has 0 bridgehead atoms. The number of H-pyrrole nitrogens is 1. The van der Waals surface area contributed by atoms with Crippen molar-refractivity contribution in [3.63, 3.8) is 0 Å². The van der Waals surface area contributed by atoms with E-state index in [0.29, 0.717) is 38.2 Å². The summed E-state index contributed by atoms with van der Waals surface area (Å²) in [6, 6.07) is 7.88. The lowest BCUT2D eigenvalue weighted by molar-refractivity contribution is -0.120. The number of para-hydroxylation sites is 1. The molecule has 2 aliphatic heterocycles. The third-order valence-corrected chi connectivity index (χ3v) is 6.39. The van der Waals surface area contributed by atoms with E-state index in [-0.39, 0.29) is 17.9 Å². The summed E-state index contributed by atoms with van der Waals surface area (Å²) in [4.78, 5) is 28.4. The van der Waals surface area contributed by atoms with Crippen molar-refractivity contribution < 1.29 is 14.7 Å². The van der Waals surface area contributed by atoms with Gasteiger partial charge in [-0.15, -0.1) is 0 Å². The van der Waals surface area contributed by atoms with Gasteiger partial charge in [-0.3, -0.25) is 14.7 Å². The van der Waals surface area contributed by atoms with E-state index >= 15 is 0 Å². The first kappa shape index (κ1) is 20.8. The molecule has 2 fully saturated rings. The van der Waals surface area contributed by atoms with E-state index in [1.54, 1.807) is 6.92 Å². The molecule has 162 valence electrons. The number of β-amino-alcohol motifs (C(OH)–C–C–N with tert-alkyl or cyclic N) is 1. The number of rotatable bonds is 4. The van der Waals surface area contributed by atoms with E-state index in [9.17, 15) is 14.7 Å². The van der Waals surface area contributed by atoms with Crippen LogP contribution in [0.5, 0.6) is 0 Å². The highest BCUT2D eigenvalue weighted by Gasteiger charge is 2.35. The van der Waals surface area contributed by atoms with Gasteiger partial charge in [-0.2, -0.15) is 5.10 Å². The Balaban J connectivity index is 1.34. The van der Waals surface area contributed by atoms with Crippen LogP contribution in [0, 0.1) is 0 Å². The molecule has 3 heterocycles. The average Bonchev–Trinajstić information content (AvgIpc) is 3.06. The molecule has 0 aliphatic carbocycles. The second-order valence-electron chi connectivity index (χ2n) is 8.74. The van der Waals surface area contributed by atoms with Crippen molar-refractivity contribution in [3.8, 4) is 0 Å². The SMILES string of the molecule is CC(=O)NC1CCN(CC2(O)CCCN(C(=O)c3n[nH]c4ccccc34)CC2)CC1. The largest absolute Gasteiger partial charge is 0.388 e. The number of nitrogens with one attached hydrogen (secondary N) is 2. The quantitative estimate of drug-likeness (QED) is 0.706. The molecule has 30 heavy (non-hydrogen) atoms. The van der Waals surface area contributed by atoms with Crippen molar-refractivity contribution >= 4 is 22.7 Å². The fourth-order valence-corrected chi connectivity index (χ4v) is 4.76. The Hall–Kier alpha value is -2.45. The number of hydrogen-bond acceptors (Lipinski definition) is 5. The third kappa shape index (κ3) is 4.65. The molecule has 2 saturated heterocycles. The molecule has 0 spiro atoms. The first-order chi connectivity index (χ1) is 14.4. The highest BCUT2D eigenvalue weighted by molar-refractivity contribution is 6.04. The highest BCUT2D eigenvalue weighted by Crippen LogP contribution is 2.26. The van der Waals surface area contributed by atoms with E-state index in [1.165, 1.54) is 0 Å². The lowest BCUT2D eigenvalue weighted by Crippen LogP contribution is -2.50. The number of nitrogens with zero attached hydrogens (tertiary/aromatic N) is 3. The standard InChI is InChI=1S/C22H31N5O3/c1-16(28)23-17-7-12-26(13-8-17)15-22(30)9-4-11-27(14-10-22)21(29)20-18-5-2-3-6-19(18)24-25-20/h2-3,5-6,17,30H,4,7-15H2,1H3,(H,23,28)(H,24,25). The van der Waals surface area contributed by atoms with E-state index in [4.69, 9.17) is 0 Å². The van der Waals surface area contributed by atoms with Gasteiger partial charge in [0.1, 0.15) is 0 Å². The zero-order valence-corrected chi connectivity index (χ0v) is 17.6. The van der Waals surface area contributed by atoms with Crippen LogP contribution in [0.1, 0.15) is 49.5 Å². The van der Waals surface area contributed by atoms with Gasteiger partial charge in [-0.25, -0.2) is 0 Å². The van der Waals surface area contributed by atoms with Crippen molar-refractivity contribution in [2.24, 2.45) is 0 Å². The fraction of sp³-hybridized carbons (Fsp3) is 0.591. The van der Waals surface area contributed by atoms with Crippen LogP contribution >= 0.6 is 0 Å². The van der Waals surface area contributed by atoms with Gasteiger partial charge in [0.25, 0.3) is 5.91 Å². The number of carbonyl (C=O) groups is 2. The highest BCUT2D eigenvalue weighted by atomic mass is 16.3. The molecule has 1 unspecified atom stereocenters. The molecule has 4 rings (SSSR count). The minimum absolute atomic E-state index is 0.0188. The van der Waals surface area contributed by atoms with Crippen LogP contribution in [0.2, 0.25) is 0 Å². The Morgan fingerprint density at radius 1 is 1.20 bits per heavy atom. The number of likely N-dealkylation sites (tertiary alicyclic amines) is 2. The van der Waals surface area contributed by atoms with Gasteiger partial charge < -0.3 is 20.2 Å². The molecule has 8 nitrogen and oxygen atoms in total. The Morgan fingerprint density at radius 3 is 2.73 bits per heavy atom. The van der Waals surface area contributed by atoms with Gasteiger partial charge >= 0.3 is 0 Å². The maximum atomic E-state index is 13.1. The number of piperidine rings is 1. The van der Waals surface area contributed by atoms with Gasteiger partial charge in [-0.05, 0) is 38.2 Å². The number of aliphatic hydroxyl groups is 1. The number of benzene rings is 1. The summed E-state index contributed by atoms with van der Waals surface area (Å²) < 4.78 is 0. The van der Waals surface area contributed by atoms with Gasteiger partial charge in [0.05, 0.1) is 11.1 Å². The van der Waals surface area contributed by atoms with Crippen LogP contribution in [0.25, 0.3) is 10.9 Å². The molecule has 3 N–H and O–H groups in total. The monoisotopic (exact) mass is 413 g/mol. The Bertz CT molecular complexity index is 905. The first-order valence-electron chi connectivity index (χ1n) is 10.9. The molecule has 1 atom stereocenters. The molecule has 1 aromatic heterocycles. The molecule has 1 aromatic carbocycles. The van der Waals surface area contributed by atoms with Crippen molar-refractivity contribution in [1.82, 2.24) is 25.3 Å². The van der Waals surface area contributed by atoms with Crippen molar-refractivity contribution in [2.45, 2.75) is 50.7 Å². The minimum Gasteiger partial charge on any atom is -0.388 e. The molecule has 0 saturated carbocycles. The normalized spacial score (nSPS) is 24.0. The molecule has 2 amide bonds. The number of hydrogen-bond donors (Lipinski definition) is 3. The lowest BCUT2D eigenvalue weighted by Gasteiger charge is -2.38. The fourth-order valence-electron chi connectivity index (χ4n) is 4.76. The summed E-state index contributed by atoms with van der Waals surface area (Å²) >= 11 is 0. The summed E-state index contributed by atoms with van der Waals surface area (Å²) in [5.41, 5.74) is 0.523. The zero-order chi connectivity index (χ0) is 21.1. The number of fused-ring (bicyclic) bond motifs is 1. The molecule has 8 heteroatoms. The summed E-state index contributed by atoms with van der Waals surface area (Å²) in [6.45, 7) is 5.07. The van der Waals surface area contributed by atoms with Gasteiger partial charge in [0, 0.05) is 51.1 Å². The van der Waals surface area contributed by atoms with E-state index in [0.717, 1.165) is 43.3 Å². The molecular weight excluding hydrogens is 382 g/mol. The van der Waals surface area contributed by atoms with Crippen molar-refractivity contribution in [2.75, 3.05) is 32.7 Å². The van der Waals surface area contributed by atoms with Crippen molar-refractivity contribution in [3.05, 3.63) is 30.0 Å². The Morgan fingerprint density at radius 2 is 1.97 bits per heavy atom. The van der Waals surface area contributed by atoms with Crippen molar-refractivity contribution in [1.29, 1.82) is 0 Å². The average molecular weight is 414 g/mol. The summed E-state index contributed by atoms with van der Waals surface area (Å²) in [7, 11) is 0. The second-order valence-corrected chi connectivity index (χ2v) is 8.74. The van der Waals surface area contributed by atoms with Gasteiger partial charge in [-0.1, -0.05) is 18.2 Å². The second kappa shape index (κ2) is 8.73. The van der Waals surface area contributed by atoms with E-state index < -0.39 is 5.60 Å². The van der Waals surface area contributed by atoms with Crippen LogP contribution in [0.4, 0.5) is 0 Å². The Labute approximate surface area is 176 Å². The number of carbonyl (C=O) groups excluding carboxylic acids is 2. The lowest BCUT2D eigenvalue weighted by atomic mass is 9.93. The van der Waals surface area contributed by atoms with Crippen LogP contribution in [-0.4, -0.2) is 81.3 Å². The maximum Gasteiger partial charge on any atom is 0.274 e. The third-order valence-electron chi connectivity index (χ3n) is 6.39. The number of amides is 2. The molecular formula is C22H31N5O3. The summed E-state index contributed by atoms with van der Waals surface area (Å²) in [5, 5.41) is 22.2. The predicted octanol–water partition coefficient (Wildman–Crippen LogP) is 1.52. The summed E-state index contributed by atoms with van der Waals surface area (Å²) in [5.74, 6) is -0.0573. The van der Waals surface area contributed by atoms with E-state index in [2.05, 4.69) is 20.4 Å². The zero-order valence-electron chi connectivity index (χ0n) is 17.6. The molecule has 2 aliphatic rings. The molecule has 2 aromatic rings. The topological polar surface area (TPSA) is 102 Å². The van der Waals surface area contributed by atoms with Crippen LogP contribution < -0.4 is 5.32 Å². The summed E-state index contributed by atoms with van der Waals surface area (Å²) in [6.07, 6.45) is 3.84. The number of aromatic nitrogens is 2. The smallest absolute Gasteiger partial charge is 0.274 e. The van der Waals surface area contributed by atoms with Crippen LogP contribution in [0.3, 0.4) is 0 Å². The Kier molecular flexibility index (Phi) is 6.06. The van der Waals surface area contributed by atoms with E-state index in [1.807, 2.05) is 29.2 Å². The first-order valence-corrected chi connectivity index (χ1v) is 10.9. The minimum atomic E-state index is -0.788. The van der Waals surface area contributed by atoms with Gasteiger partial charge in [0.15, 0.2) is 5.69 Å².